The highest BCUT2D eigenvalue weighted by Gasteiger charge is 2.08. The van der Waals surface area contributed by atoms with Crippen LogP contribution in [0.1, 0.15) is 17.3 Å². The lowest BCUT2D eigenvalue weighted by molar-refractivity contribution is 0.101. The van der Waals surface area contributed by atoms with Crippen LogP contribution in [0.2, 0.25) is 0 Å². The number of Topliss-reactive ketones (excluding diaryl/α,β-unsaturated/α-hetero) is 1. The average Bonchev–Trinajstić information content (AvgIpc) is 2.82. The Labute approximate surface area is 114 Å². The maximum Gasteiger partial charge on any atom is 0.163 e. The van der Waals surface area contributed by atoms with Crippen molar-refractivity contribution < 1.29 is 9.53 Å². The molecule has 0 aliphatic carbocycles. The molecule has 18 heavy (non-hydrogen) atoms. The molecular formula is C13H13BrN2O2. The van der Waals surface area contributed by atoms with Crippen molar-refractivity contribution in [3.05, 3.63) is 47.0 Å². The molecule has 0 N–H and O–H groups in total. The van der Waals surface area contributed by atoms with E-state index in [2.05, 4.69) is 20.9 Å². The fourth-order valence-corrected chi connectivity index (χ4v) is 1.93. The summed E-state index contributed by atoms with van der Waals surface area (Å²) in [4.78, 5) is 15.4. The van der Waals surface area contributed by atoms with E-state index < -0.39 is 0 Å². The molecule has 0 atom stereocenters. The Morgan fingerprint density at radius 2 is 2.33 bits per heavy atom. The minimum atomic E-state index is 0.000121. The molecule has 0 saturated carbocycles. The molecule has 4 nitrogen and oxygen atoms in total. The number of aromatic nitrogens is 2. The van der Waals surface area contributed by atoms with Crippen molar-refractivity contribution in [1.82, 2.24) is 9.55 Å². The first-order chi connectivity index (χ1) is 8.66. The number of ether oxygens (including phenoxy) is 1. The number of carbonyl (C=O) groups excluding carboxylic acids is 1. The predicted molar refractivity (Wildman–Crippen MR) is 71.9 cm³/mol. The van der Waals surface area contributed by atoms with Crippen LogP contribution >= 0.6 is 15.9 Å². The number of imidazole rings is 1. The molecule has 0 fully saturated rings. The zero-order valence-electron chi connectivity index (χ0n) is 9.97. The number of halogens is 1. The van der Waals surface area contributed by atoms with Crippen LogP contribution in [0, 0.1) is 0 Å². The number of benzene rings is 1. The topological polar surface area (TPSA) is 44.1 Å². The lowest BCUT2D eigenvalue weighted by atomic mass is 10.1. The normalized spacial score (nSPS) is 10.3. The van der Waals surface area contributed by atoms with Gasteiger partial charge < -0.3 is 9.30 Å². The maximum absolute atomic E-state index is 11.5. The molecule has 1 aromatic carbocycles. The Hall–Kier alpha value is -1.62. The third-order valence-corrected chi connectivity index (χ3v) is 2.98. The molecule has 2 rings (SSSR count). The van der Waals surface area contributed by atoms with Crippen LogP contribution < -0.4 is 4.74 Å². The van der Waals surface area contributed by atoms with Gasteiger partial charge in [-0.2, -0.15) is 0 Å². The summed E-state index contributed by atoms with van der Waals surface area (Å²) in [6.07, 6.45) is 5.33. The van der Waals surface area contributed by atoms with Crippen LogP contribution in [-0.4, -0.2) is 21.9 Å². The SMILES string of the molecule is CC(=O)c1ccc(Br)cc1OCCn1ccnc1. The molecule has 5 heteroatoms. The van der Waals surface area contributed by atoms with Gasteiger partial charge in [0.25, 0.3) is 0 Å². The Kier molecular flexibility index (Phi) is 4.15. The monoisotopic (exact) mass is 308 g/mol. The van der Waals surface area contributed by atoms with Gasteiger partial charge in [0, 0.05) is 16.9 Å². The van der Waals surface area contributed by atoms with E-state index in [1.54, 1.807) is 18.6 Å². The van der Waals surface area contributed by atoms with Crippen molar-refractivity contribution in [3.63, 3.8) is 0 Å². The van der Waals surface area contributed by atoms with Gasteiger partial charge in [-0.05, 0) is 25.1 Å². The van der Waals surface area contributed by atoms with E-state index in [4.69, 9.17) is 4.74 Å². The number of ketones is 1. The Bertz CT molecular complexity index is 538. The van der Waals surface area contributed by atoms with Gasteiger partial charge in [-0.3, -0.25) is 4.79 Å². The first-order valence-electron chi connectivity index (χ1n) is 5.56. The molecule has 0 bridgehead atoms. The Balaban J connectivity index is 2.03. The molecule has 0 aliphatic heterocycles. The van der Waals surface area contributed by atoms with Crippen LogP contribution in [0.3, 0.4) is 0 Å². The molecule has 0 radical (unpaired) electrons. The molecule has 0 spiro atoms. The zero-order chi connectivity index (χ0) is 13.0. The van der Waals surface area contributed by atoms with Gasteiger partial charge in [0.1, 0.15) is 12.4 Å². The van der Waals surface area contributed by atoms with E-state index in [9.17, 15) is 4.79 Å². The van der Waals surface area contributed by atoms with E-state index in [-0.39, 0.29) is 5.78 Å². The van der Waals surface area contributed by atoms with Gasteiger partial charge in [-0.15, -0.1) is 0 Å². The first-order valence-corrected chi connectivity index (χ1v) is 6.35. The standard InChI is InChI=1S/C13H13BrN2O2/c1-10(17)12-3-2-11(14)8-13(12)18-7-6-16-5-4-15-9-16/h2-5,8-9H,6-7H2,1H3. The minimum Gasteiger partial charge on any atom is -0.491 e. The van der Waals surface area contributed by atoms with Gasteiger partial charge in [-0.1, -0.05) is 15.9 Å². The molecule has 0 saturated heterocycles. The molecule has 0 aliphatic rings. The molecule has 0 amide bonds. The Morgan fingerprint density at radius 3 is 3.00 bits per heavy atom. The van der Waals surface area contributed by atoms with Crippen molar-refractivity contribution >= 4 is 21.7 Å². The van der Waals surface area contributed by atoms with Crippen LogP contribution in [0.25, 0.3) is 0 Å². The third-order valence-electron chi connectivity index (χ3n) is 2.49. The molecule has 1 aromatic heterocycles. The lowest BCUT2D eigenvalue weighted by Gasteiger charge is -2.10. The third kappa shape index (κ3) is 3.20. The van der Waals surface area contributed by atoms with E-state index in [0.717, 1.165) is 4.47 Å². The summed E-state index contributed by atoms with van der Waals surface area (Å²) in [5, 5.41) is 0. The second-order valence-electron chi connectivity index (χ2n) is 3.85. The Morgan fingerprint density at radius 1 is 1.50 bits per heavy atom. The summed E-state index contributed by atoms with van der Waals surface area (Å²) < 4.78 is 8.47. The van der Waals surface area contributed by atoms with Crippen LogP contribution in [0.4, 0.5) is 0 Å². The van der Waals surface area contributed by atoms with Crippen molar-refractivity contribution in [2.24, 2.45) is 0 Å². The van der Waals surface area contributed by atoms with Gasteiger partial charge >= 0.3 is 0 Å². The van der Waals surface area contributed by atoms with Crippen LogP contribution in [-0.2, 0) is 6.54 Å². The molecule has 94 valence electrons. The lowest BCUT2D eigenvalue weighted by Crippen LogP contribution is -2.08. The number of hydrogen-bond donors (Lipinski definition) is 0. The summed E-state index contributed by atoms with van der Waals surface area (Å²) in [5.74, 6) is 0.608. The number of carbonyl (C=O) groups is 1. The zero-order valence-corrected chi connectivity index (χ0v) is 11.6. The van der Waals surface area contributed by atoms with E-state index >= 15 is 0 Å². The van der Waals surface area contributed by atoms with E-state index in [1.807, 2.05) is 22.9 Å². The molecule has 0 unspecified atom stereocenters. The second kappa shape index (κ2) is 5.82. The molecule has 2 aromatic rings. The summed E-state index contributed by atoms with van der Waals surface area (Å²) in [6, 6.07) is 5.41. The predicted octanol–water partition coefficient (Wildman–Crippen LogP) is 2.93. The highest BCUT2D eigenvalue weighted by molar-refractivity contribution is 9.10. The summed E-state index contributed by atoms with van der Waals surface area (Å²) in [5.41, 5.74) is 0.601. The first kappa shape index (κ1) is 12.8. The van der Waals surface area contributed by atoms with Gasteiger partial charge in [-0.25, -0.2) is 4.98 Å². The van der Waals surface area contributed by atoms with Crippen LogP contribution in [0.15, 0.2) is 41.4 Å². The summed E-state index contributed by atoms with van der Waals surface area (Å²) >= 11 is 3.37. The fourth-order valence-electron chi connectivity index (χ4n) is 1.59. The highest BCUT2D eigenvalue weighted by Crippen LogP contribution is 2.24. The van der Waals surface area contributed by atoms with Crippen molar-refractivity contribution in [2.75, 3.05) is 6.61 Å². The molecular weight excluding hydrogens is 296 g/mol. The number of hydrogen-bond acceptors (Lipinski definition) is 3. The van der Waals surface area contributed by atoms with Gasteiger partial charge in [0.2, 0.25) is 0 Å². The van der Waals surface area contributed by atoms with Crippen molar-refractivity contribution in [2.45, 2.75) is 13.5 Å². The fraction of sp³-hybridized carbons (Fsp3) is 0.231. The van der Waals surface area contributed by atoms with Crippen molar-refractivity contribution in [3.8, 4) is 5.75 Å². The highest BCUT2D eigenvalue weighted by atomic mass is 79.9. The quantitative estimate of drug-likeness (QED) is 0.798. The maximum atomic E-state index is 11.5. The van der Waals surface area contributed by atoms with E-state index in [0.29, 0.717) is 24.5 Å². The smallest absolute Gasteiger partial charge is 0.163 e. The number of rotatable bonds is 5. The van der Waals surface area contributed by atoms with Gasteiger partial charge in [0.15, 0.2) is 5.78 Å². The van der Waals surface area contributed by atoms with Gasteiger partial charge in [0.05, 0.1) is 18.4 Å². The van der Waals surface area contributed by atoms with E-state index in [1.165, 1.54) is 6.92 Å². The van der Waals surface area contributed by atoms with Crippen molar-refractivity contribution in [1.29, 1.82) is 0 Å². The van der Waals surface area contributed by atoms with Crippen LogP contribution in [0.5, 0.6) is 5.75 Å². The number of nitrogens with zero attached hydrogens (tertiary/aromatic N) is 2. The minimum absolute atomic E-state index is 0.000121. The largest absolute Gasteiger partial charge is 0.491 e. The summed E-state index contributed by atoms with van der Waals surface area (Å²) in [6.45, 7) is 2.73. The summed E-state index contributed by atoms with van der Waals surface area (Å²) in [7, 11) is 0. The average molecular weight is 309 g/mol. The molecule has 1 heterocycles. The second-order valence-corrected chi connectivity index (χ2v) is 4.76.